The van der Waals surface area contributed by atoms with Gasteiger partial charge in [-0.3, -0.25) is 0 Å². The predicted molar refractivity (Wildman–Crippen MR) is 105 cm³/mol. The second-order valence-electron chi connectivity index (χ2n) is 5.99. The van der Waals surface area contributed by atoms with E-state index < -0.39 is 0 Å². The van der Waals surface area contributed by atoms with Crippen LogP contribution in [0.1, 0.15) is 12.5 Å². The highest BCUT2D eigenvalue weighted by molar-refractivity contribution is 5.86. The number of nitrogens with two attached hydrogens (primary N) is 1. The SMILES string of the molecule is CCn1c(-c2ccccc2)nc2c(N)nc(NCc3ccccc3)nc21. The maximum atomic E-state index is 6.17. The summed E-state index contributed by atoms with van der Waals surface area (Å²) in [5, 5.41) is 3.25. The number of benzene rings is 2. The van der Waals surface area contributed by atoms with Gasteiger partial charge in [-0.15, -0.1) is 0 Å². The Morgan fingerprint density at radius 3 is 2.31 bits per heavy atom. The average Bonchev–Trinajstić information content (AvgIpc) is 3.07. The second-order valence-corrected chi connectivity index (χ2v) is 5.99. The molecule has 130 valence electrons. The molecular weight excluding hydrogens is 324 g/mol. The molecule has 6 heteroatoms. The van der Waals surface area contributed by atoms with Crippen LogP contribution >= 0.6 is 0 Å². The van der Waals surface area contributed by atoms with Gasteiger partial charge in [0.15, 0.2) is 17.0 Å². The number of fused-ring (bicyclic) bond motifs is 1. The maximum absolute atomic E-state index is 6.17. The number of nitrogens with zero attached hydrogens (tertiary/aromatic N) is 4. The first-order chi connectivity index (χ1) is 12.8. The van der Waals surface area contributed by atoms with E-state index in [2.05, 4.69) is 38.9 Å². The van der Waals surface area contributed by atoms with E-state index in [1.54, 1.807) is 0 Å². The van der Waals surface area contributed by atoms with Crippen molar-refractivity contribution in [3.8, 4) is 11.4 Å². The molecule has 2 aromatic carbocycles. The van der Waals surface area contributed by atoms with Crippen LogP contribution in [0.3, 0.4) is 0 Å². The molecule has 4 rings (SSSR count). The van der Waals surface area contributed by atoms with Gasteiger partial charge in [-0.25, -0.2) is 4.98 Å². The Labute approximate surface area is 151 Å². The van der Waals surface area contributed by atoms with Gasteiger partial charge in [-0.05, 0) is 12.5 Å². The lowest BCUT2D eigenvalue weighted by Crippen LogP contribution is -2.07. The molecule has 0 radical (unpaired) electrons. The van der Waals surface area contributed by atoms with Crippen LogP contribution in [0.4, 0.5) is 11.8 Å². The Hall–Kier alpha value is -3.41. The van der Waals surface area contributed by atoms with Crippen LogP contribution in [-0.2, 0) is 13.1 Å². The van der Waals surface area contributed by atoms with Crippen molar-refractivity contribution < 1.29 is 0 Å². The van der Waals surface area contributed by atoms with E-state index in [1.807, 2.05) is 48.5 Å². The smallest absolute Gasteiger partial charge is 0.227 e. The summed E-state index contributed by atoms with van der Waals surface area (Å²) in [6.45, 7) is 3.45. The summed E-state index contributed by atoms with van der Waals surface area (Å²) >= 11 is 0. The summed E-state index contributed by atoms with van der Waals surface area (Å²) in [6.07, 6.45) is 0. The molecule has 0 amide bonds. The lowest BCUT2D eigenvalue weighted by Gasteiger charge is -2.08. The third-order valence-corrected chi connectivity index (χ3v) is 4.26. The summed E-state index contributed by atoms with van der Waals surface area (Å²) in [7, 11) is 0. The molecule has 2 aromatic heterocycles. The molecule has 0 fully saturated rings. The first kappa shape index (κ1) is 16.1. The van der Waals surface area contributed by atoms with Crippen LogP contribution in [0, 0.1) is 0 Å². The highest BCUT2D eigenvalue weighted by Gasteiger charge is 2.16. The fourth-order valence-electron chi connectivity index (χ4n) is 2.99. The lowest BCUT2D eigenvalue weighted by molar-refractivity contribution is 0.786. The molecule has 0 bridgehead atoms. The third kappa shape index (κ3) is 2.97. The zero-order chi connectivity index (χ0) is 17.9. The van der Waals surface area contributed by atoms with E-state index in [-0.39, 0.29) is 0 Å². The topological polar surface area (TPSA) is 81.7 Å². The number of hydrogen-bond donors (Lipinski definition) is 2. The van der Waals surface area contributed by atoms with Gasteiger partial charge < -0.3 is 15.6 Å². The first-order valence-corrected chi connectivity index (χ1v) is 8.63. The van der Waals surface area contributed by atoms with Gasteiger partial charge in [0.05, 0.1) is 0 Å². The molecule has 0 aliphatic carbocycles. The summed E-state index contributed by atoms with van der Waals surface area (Å²) in [5.74, 6) is 1.74. The molecule has 0 atom stereocenters. The van der Waals surface area contributed by atoms with Crippen molar-refractivity contribution in [3.63, 3.8) is 0 Å². The van der Waals surface area contributed by atoms with Gasteiger partial charge in [-0.2, -0.15) is 9.97 Å². The van der Waals surface area contributed by atoms with E-state index in [0.717, 1.165) is 29.1 Å². The van der Waals surface area contributed by atoms with Gasteiger partial charge in [0.1, 0.15) is 5.82 Å². The Balaban J connectivity index is 1.74. The van der Waals surface area contributed by atoms with E-state index >= 15 is 0 Å². The third-order valence-electron chi connectivity index (χ3n) is 4.26. The Bertz CT molecular complexity index is 1020. The van der Waals surface area contributed by atoms with Crippen molar-refractivity contribution in [1.29, 1.82) is 0 Å². The minimum Gasteiger partial charge on any atom is -0.382 e. The van der Waals surface area contributed by atoms with Crippen LogP contribution in [0.5, 0.6) is 0 Å². The van der Waals surface area contributed by atoms with Crippen molar-refractivity contribution >= 4 is 22.9 Å². The zero-order valence-electron chi connectivity index (χ0n) is 14.6. The summed E-state index contributed by atoms with van der Waals surface area (Å²) in [5.41, 5.74) is 9.74. The number of rotatable bonds is 5. The molecule has 0 aliphatic rings. The standard InChI is InChI=1S/C20H20N6/c1-2-26-18(15-11-7-4-8-12-15)23-16-17(21)24-20(25-19(16)26)22-13-14-9-5-3-6-10-14/h3-12H,2,13H2,1H3,(H3,21,22,24,25). The summed E-state index contributed by atoms with van der Waals surface area (Å²) in [6, 6.07) is 20.2. The van der Waals surface area contributed by atoms with Gasteiger partial charge in [-0.1, -0.05) is 60.7 Å². The highest BCUT2D eigenvalue weighted by atomic mass is 15.2. The largest absolute Gasteiger partial charge is 0.382 e. The molecule has 0 aliphatic heterocycles. The number of anilines is 2. The Kier molecular flexibility index (Phi) is 4.23. The minimum absolute atomic E-state index is 0.384. The van der Waals surface area contributed by atoms with Crippen molar-refractivity contribution in [2.75, 3.05) is 11.1 Å². The predicted octanol–water partition coefficient (Wildman–Crippen LogP) is 3.71. The number of nitrogen functional groups attached to an aromatic ring is 1. The first-order valence-electron chi connectivity index (χ1n) is 8.63. The Morgan fingerprint density at radius 2 is 1.62 bits per heavy atom. The van der Waals surface area contributed by atoms with Gasteiger partial charge in [0, 0.05) is 18.7 Å². The lowest BCUT2D eigenvalue weighted by atomic mass is 10.2. The normalized spacial score (nSPS) is 11.0. The minimum atomic E-state index is 0.384. The second kappa shape index (κ2) is 6.84. The van der Waals surface area contributed by atoms with Crippen molar-refractivity contribution in [2.24, 2.45) is 0 Å². The molecule has 0 saturated heterocycles. The molecule has 0 spiro atoms. The summed E-state index contributed by atoms with van der Waals surface area (Å²) in [4.78, 5) is 13.7. The fourth-order valence-corrected chi connectivity index (χ4v) is 2.99. The molecule has 26 heavy (non-hydrogen) atoms. The van der Waals surface area contributed by atoms with Crippen molar-refractivity contribution in [2.45, 2.75) is 20.0 Å². The summed E-state index contributed by atoms with van der Waals surface area (Å²) < 4.78 is 2.07. The fraction of sp³-hybridized carbons (Fsp3) is 0.150. The molecule has 3 N–H and O–H groups in total. The van der Waals surface area contributed by atoms with E-state index in [0.29, 0.717) is 23.8 Å². The number of imidazole rings is 1. The maximum Gasteiger partial charge on any atom is 0.227 e. The molecule has 0 unspecified atom stereocenters. The number of nitrogens with one attached hydrogen (secondary N) is 1. The van der Waals surface area contributed by atoms with Crippen LogP contribution < -0.4 is 11.1 Å². The molecular formula is C20H20N6. The monoisotopic (exact) mass is 344 g/mol. The van der Waals surface area contributed by atoms with Crippen LogP contribution in [0.15, 0.2) is 60.7 Å². The molecule has 2 heterocycles. The quantitative estimate of drug-likeness (QED) is 0.577. The number of aryl methyl sites for hydroxylation is 1. The number of aromatic nitrogens is 4. The van der Waals surface area contributed by atoms with Crippen LogP contribution in [0.25, 0.3) is 22.6 Å². The zero-order valence-corrected chi connectivity index (χ0v) is 14.6. The van der Waals surface area contributed by atoms with Gasteiger partial charge >= 0.3 is 0 Å². The van der Waals surface area contributed by atoms with Gasteiger partial charge in [0.25, 0.3) is 0 Å². The Morgan fingerprint density at radius 1 is 0.923 bits per heavy atom. The average molecular weight is 344 g/mol. The van der Waals surface area contributed by atoms with E-state index in [1.165, 1.54) is 0 Å². The molecule has 4 aromatic rings. The van der Waals surface area contributed by atoms with Crippen molar-refractivity contribution in [3.05, 3.63) is 66.2 Å². The van der Waals surface area contributed by atoms with Crippen LogP contribution in [-0.4, -0.2) is 19.5 Å². The van der Waals surface area contributed by atoms with Gasteiger partial charge in [0.2, 0.25) is 5.95 Å². The highest BCUT2D eigenvalue weighted by Crippen LogP contribution is 2.27. The molecule has 6 nitrogen and oxygen atoms in total. The molecule has 0 saturated carbocycles. The van der Waals surface area contributed by atoms with E-state index in [9.17, 15) is 0 Å². The van der Waals surface area contributed by atoms with Crippen LogP contribution in [0.2, 0.25) is 0 Å². The van der Waals surface area contributed by atoms with E-state index in [4.69, 9.17) is 10.7 Å². The van der Waals surface area contributed by atoms with Crippen molar-refractivity contribution in [1.82, 2.24) is 19.5 Å². The number of hydrogen-bond acceptors (Lipinski definition) is 5.